The number of guanidine groups is 1. The molecule has 5 nitrogen and oxygen atoms in total. The highest BCUT2D eigenvalue weighted by Crippen LogP contribution is 2.47. The summed E-state index contributed by atoms with van der Waals surface area (Å²) in [6, 6.07) is 6.92. The summed E-state index contributed by atoms with van der Waals surface area (Å²) >= 11 is 0. The Morgan fingerprint density at radius 2 is 2.26 bits per heavy atom. The second kappa shape index (κ2) is 6.81. The number of nitrogens with zero attached hydrogens (tertiary/aromatic N) is 3. The Bertz CT molecular complexity index is 661. The Labute approximate surface area is 135 Å². The van der Waals surface area contributed by atoms with Crippen molar-refractivity contribution in [3.63, 3.8) is 0 Å². The van der Waals surface area contributed by atoms with Gasteiger partial charge in [0.25, 0.3) is 0 Å². The van der Waals surface area contributed by atoms with E-state index in [0.717, 1.165) is 44.0 Å². The summed E-state index contributed by atoms with van der Waals surface area (Å²) in [6.07, 6.45) is 7.65. The molecule has 23 heavy (non-hydrogen) atoms. The summed E-state index contributed by atoms with van der Waals surface area (Å²) in [5, 5.41) is 6.65. The predicted molar refractivity (Wildman–Crippen MR) is 88.9 cm³/mol. The van der Waals surface area contributed by atoms with Crippen LogP contribution in [-0.4, -0.2) is 35.6 Å². The third-order valence-corrected chi connectivity index (χ3v) is 4.33. The van der Waals surface area contributed by atoms with Crippen molar-refractivity contribution in [3.05, 3.63) is 54.4 Å². The topological polar surface area (TPSA) is 54.2 Å². The van der Waals surface area contributed by atoms with Gasteiger partial charge in [-0.3, -0.25) is 4.99 Å². The lowest BCUT2D eigenvalue weighted by molar-refractivity contribution is 0.604. The molecule has 0 amide bonds. The first kappa shape index (κ1) is 15.5. The smallest absolute Gasteiger partial charge is 0.191 e. The third-order valence-electron chi connectivity index (χ3n) is 4.33. The zero-order valence-electron chi connectivity index (χ0n) is 13.3. The molecule has 0 aliphatic heterocycles. The molecule has 3 rings (SSSR count). The molecule has 2 aromatic rings. The maximum absolute atomic E-state index is 13.4. The van der Waals surface area contributed by atoms with Crippen molar-refractivity contribution in [1.82, 2.24) is 20.2 Å². The van der Waals surface area contributed by atoms with Gasteiger partial charge < -0.3 is 15.2 Å². The molecule has 0 atom stereocenters. The summed E-state index contributed by atoms with van der Waals surface area (Å²) in [5.41, 5.74) is 1.11. The molecule has 1 aromatic heterocycles. The van der Waals surface area contributed by atoms with E-state index >= 15 is 0 Å². The molecular formula is C17H22FN5. The van der Waals surface area contributed by atoms with E-state index in [0.29, 0.717) is 0 Å². The van der Waals surface area contributed by atoms with Gasteiger partial charge in [-0.2, -0.15) is 0 Å². The molecule has 0 radical (unpaired) electrons. The van der Waals surface area contributed by atoms with Crippen molar-refractivity contribution in [3.8, 4) is 0 Å². The van der Waals surface area contributed by atoms with Crippen molar-refractivity contribution in [2.45, 2.75) is 24.8 Å². The van der Waals surface area contributed by atoms with Crippen LogP contribution in [0, 0.1) is 5.82 Å². The fraction of sp³-hybridized carbons (Fsp3) is 0.412. The van der Waals surface area contributed by atoms with E-state index in [9.17, 15) is 4.39 Å². The Hall–Kier alpha value is -2.37. The number of nitrogens with one attached hydrogen (secondary N) is 2. The summed E-state index contributed by atoms with van der Waals surface area (Å²) in [4.78, 5) is 8.26. The first-order valence-electron chi connectivity index (χ1n) is 7.88. The van der Waals surface area contributed by atoms with Gasteiger partial charge in [0, 0.05) is 44.5 Å². The van der Waals surface area contributed by atoms with Gasteiger partial charge in [-0.05, 0) is 30.5 Å². The van der Waals surface area contributed by atoms with Gasteiger partial charge in [-0.1, -0.05) is 12.1 Å². The minimum Gasteiger partial charge on any atom is -0.356 e. The highest BCUT2D eigenvalue weighted by molar-refractivity contribution is 5.79. The Kier molecular flexibility index (Phi) is 4.60. The maximum Gasteiger partial charge on any atom is 0.191 e. The Morgan fingerprint density at radius 1 is 1.39 bits per heavy atom. The molecule has 1 heterocycles. The zero-order chi connectivity index (χ0) is 16.1. The van der Waals surface area contributed by atoms with Crippen molar-refractivity contribution >= 4 is 5.96 Å². The second-order valence-corrected chi connectivity index (χ2v) is 5.94. The first-order valence-corrected chi connectivity index (χ1v) is 7.88. The third kappa shape index (κ3) is 3.88. The van der Waals surface area contributed by atoms with Gasteiger partial charge >= 0.3 is 0 Å². The van der Waals surface area contributed by atoms with Crippen LogP contribution < -0.4 is 10.6 Å². The number of halogens is 1. The van der Waals surface area contributed by atoms with Crippen molar-refractivity contribution in [2.75, 3.05) is 20.1 Å². The molecule has 1 fully saturated rings. The number of hydrogen-bond donors (Lipinski definition) is 2. The molecule has 0 bridgehead atoms. The number of aromatic nitrogens is 2. The first-order chi connectivity index (χ1) is 11.2. The molecule has 6 heteroatoms. The largest absolute Gasteiger partial charge is 0.356 e. The summed E-state index contributed by atoms with van der Waals surface area (Å²) in [6.45, 7) is 2.36. The van der Waals surface area contributed by atoms with Crippen LogP contribution in [0.3, 0.4) is 0 Å². The van der Waals surface area contributed by atoms with Crippen LogP contribution in [0.15, 0.2) is 48.0 Å². The lowest BCUT2D eigenvalue weighted by Gasteiger charge is -2.19. The van der Waals surface area contributed by atoms with Gasteiger partial charge in [0.2, 0.25) is 0 Å². The molecule has 1 aliphatic rings. The maximum atomic E-state index is 13.4. The molecule has 2 N–H and O–H groups in total. The number of benzene rings is 1. The normalized spacial score (nSPS) is 16.2. The van der Waals surface area contributed by atoms with Crippen LogP contribution in [-0.2, 0) is 12.0 Å². The monoisotopic (exact) mass is 315 g/mol. The fourth-order valence-corrected chi connectivity index (χ4v) is 2.73. The molecule has 0 spiro atoms. The Balaban J connectivity index is 1.50. The standard InChI is InChI=1S/C17H22FN5/c1-19-16(21-8-10-23-9-7-20-13-23)22-12-17(5-6-17)14-3-2-4-15(18)11-14/h2-4,7,9,11,13H,5-6,8,10,12H2,1H3,(H2,19,21,22). The molecule has 1 aliphatic carbocycles. The summed E-state index contributed by atoms with van der Waals surface area (Å²) in [5.74, 6) is 0.601. The van der Waals surface area contributed by atoms with Crippen molar-refractivity contribution in [1.29, 1.82) is 0 Å². The van der Waals surface area contributed by atoms with Crippen LogP contribution in [0.25, 0.3) is 0 Å². The molecule has 1 aromatic carbocycles. The molecule has 0 saturated heterocycles. The highest BCUT2D eigenvalue weighted by atomic mass is 19.1. The second-order valence-electron chi connectivity index (χ2n) is 5.94. The van der Waals surface area contributed by atoms with E-state index < -0.39 is 0 Å². The van der Waals surface area contributed by atoms with E-state index in [1.54, 1.807) is 31.7 Å². The van der Waals surface area contributed by atoms with Gasteiger partial charge in [-0.15, -0.1) is 0 Å². The number of imidazole rings is 1. The van der Waals surface area contributed by atoms with Crippen molar-refractivity contribution < 1.29 is 4.39 Å². The molecule has 122 valence electrons. The van der Waals surface area contributed by atoms with Gasteiger partial charge in [0.05, 0.1) is 6.33 Å². The van der Waals surface area contributed by atoms with E-state index in [1.165, 1.54) is 6.07 Å². The van der Waals surface area contributed by atoms with Crippen LogP contribution in [0.5, 0.6) is 0 Å². The fourth-order valence-electron chi connectivity index (χ4n) is 2.73. The average Bonchev–Trinajstić information content (AvgIpc) is 3.18. The molecular weight excluding hydrogens is 293 g/mol. The average molecular weight is 315 g/mol. The Morgan fingerprint density at radius 3 is 2.91 bits per heavy atom. The van der Waals surface area contributed by atoms with Crippen LogP contribution in [0.4, 0.5) is 4.39 Å². The van der Waals surface area contributed by atoms with Gasteiger partial charge in [0.1, 0.15) is 5.82 Å². The summed E-state index contributed by atoms with van der Waals surface area (Å²) < 4.78 is 15.4. The van der Waals surface area contributed by atoms with Crippen LogP contribution in [0.2, 0.25) is 0 Å². The zero-order valence-corrected chi connectivity index (χ0v) is 13.3. The minimum atomic E-state index is -0.170. The van der Waals surface area contributed by atoms with Gasteiger partial charge in [0.15, 0.2) is 5.96 Å². The quantitative estimate of drug-likeness (QED) is 0.632. The number of rotatable bonds is 6. The number of hydrogen-bond acceptors (Lipinski definition) is 2. The van der Waals surface area contributed by atoms with E-state index in [4.69, 9.17) is 0 Å². The predicted octanol–water partition coefficient (Wildman–Crippen LogP) is 1.92. The van der Waals surface area contributed by atoms with E-state index in [1.807, 2.05) is 16.8 Å². The minimum absolute atomic E-state index is 0.0457. The van der Waals surface area contributed by atoms with E-state index in [2.05, 4.69) is 20.6 Å². The van der Waals surface area contributed by atoms with Gasteiger partial charge in [-0.25, -0.2) is 9.37 Å². The summed E-state index contributed by atoms with van der Waals surface area (Å²) in [7, 11) is 1.76. The van der Waals surface area contributed by atoms with Crippen molar-refractivity contribution in [2.24, 2.45) is 4.99 Å². The van der Waals surface area contributed by atoms with Crippen LogP contribution >= 0.6 is 0 Å². The SMILES string of the molecule is CN=C(NCCn1ccnc1)NCC1(c2cccc(F)c2)CC1. The van der Waals surface area contributed by atoms with Crippen LogP contribution in [0.1, 0.15) is 18.4 Å². The molecule has 1 saturated carbocycles. The lowest BCUT2D eigenvalue weighted by atomic mass is 9.96. The lowest BCUT2D eigenvalue weighted by Crippen LogP contribution is -2.42. The molecule has 0 unspecified atom stereocenters. The highest BCUT2D eigenvalue weighted by Gasteiger charge is 2.44. The van der Waals surface area contributed by atoms with E-state index in [-0.39, 0.29) is 11.2 Å². The number of aliphatic imine (C=N–C) groups is 1.